The monoisotopic (exact) mass is 444 g/mol. The van der Waals surface area contributed by atoms with Gasteiger partial charge < -0.3 is 29.2 Å². The van der Waals surface area contributed by atoms with Crippen LogP contribution in [0.4, 0.5) is 0 Å². The predicted molar refractivity (Wildman–Crippen MR) is 123 cm³/mol. The van der Waals surface area contributed by atoms with Gasteiger partial charge in [0.15, 0.2) is 5.76 Å². The molecule has 0 bridgehead atoms. The number of ether oxygens (including phenoxy) is 2. The van der Waals surface area contributed by atoms with E-state index in [1.807, 2.05) is 18.2 Å². The van der Waals surface area contributed by atoms with Crippen LogP contribution in [0, 0.1) is 5.92 Å². The molecule has 2 fully saturated rings. The van der Waals surface area contributed by atoms with Gasteiger partial charge in [-0.1, -0.05) is 32.8 Å². The van der Waals surface area contributed by atoms with Crippen molar-refractivity contribution in [1.29, 1.82) is 0 Å². The summed E-state index contributed by atoms with van der Waals surface area (Å²) in [5, 5.41) is 15.0. The largest absolute Gasteiger partial charge is 0.451 e. The van der Waals surface area contributed by atoms with Crippen LogP contribution in [-0.4, -0.2) is 68.0 Å². The van der Waals surface area contributed by atoms with E-state index in [0.717, 1.165) is 36.5 Å². The van der Waals surface area contributed by atoms with Crippen molar-refractivity contribution in [2.45, 2.75) is 51.2 Å². The number of carbonyl (C=O) groups is 1. The highest BCUT2D eigenvalue weighted by Crippen LogP contribution is 2.35. The van der Waals surface area contributed by atoms with E-state index in [-0.39, 0.29) is 17.8 Å². The molecule has 1 aromatic heterocycles. The van der Waals surface area contributed by atoms with Crippen molar-refractivity contribution in [3.63, 3.8) is 0 Å². The van der Waals surface area contributed by atoms with E-state index in [1.54, 1.807) is 6.07 Å². The first-order chi connectivity index (χ1) is 15.5. The van der Waals surface area contributed by atoms with Crippen LogP contribution >= 0.6 is 0 Å². The molecule has 1 amide bonds. The van der Waals surface area contributed by atoms with Crippen LogP contribution < -0.4 is 5.32 Å². The van der Waals surface area contributed by atoms with E-state index < -0.39 is 5.60 Å². The molecule has 2 aromatic rings. The summed E-state index contributed by atoms with van der Waals surface area (Å²) in [5.74, 6) is 0.719. The minimum atomic E-state index is -0.837. The van der Waals surface area contributed by atoms with Crippen LogP contribution in [0.1, 0.15) is 55.6 Å². The summed E-state index contributed by atoms with van der Waals surface area (Å²) in [7, 11) is 0. The van der Waals surface area contributed by atoms with Gasteiger partial charge in [0.1, 0.15) is 5.58 Å². The van der Waals surface area contributed by atoms with Gasteiger partial charge in [-0.15, -0.1) is 0 Å². The summed E-state index contributed by atoms with van der Waals surface area (Å²) < 4.78 is 16.7. The fraction of sp³-hybridized carbons (Fsp3) is 0.640. The van der Waals surface area contributed by atoms with E-state index in [4.69, 9.17) is 13.9 Å². The highest BCUT2D eigenvalue weighted by molar-refractivity contribution is 5.96. The van der Waals surface area contributed by atoms with Gasteiger partial charge in [0.25, 0.3) is 5.91 Å². The maximum absolute atomic E-state index is 12.5. The second-order valence-corrected chi connectivity index (χ2v) is 9.16. The number of rotatable bonds is 8. The van der Waals surface area contributed by atoms with Gasteiger partial charge >= 0.3 is 0 Å². The van der Waals surface area contributed by atoms with E-state index in [1.165, 1.54) is 12.8 Å². The zero-order valence-electron chi connectivity index (χ0n) is 19.3. The van der Waals surface area contributed by atoms with Gasteiger partial charge in [0.05, 0.1) is 31.5 Å². The fourth-order valence-electron chi connectivity index (χ4n) is 4.70. The number of nitrogens with zero attached hydrogens (tertiary/aromatic N) is 1. The molecular weight excluding hydrogens is 408 g/mol. The molecule has 3 heterocycles. The number of aliphatic hydroxyl groups is 1. The second kappa shape index (κ2) is 10.3. The number of nitrogens with one attached hydrogen (secondary N) is 1. The van der Waals surface area contributed by atoms with E-state index in [9.17, 15) is 9.90 Å². The number of piperidine rings is 1. The molecule has 1 aromatic carbocycles. The van der Waals surface area contributed by atoms with E-state index >= 15 is 0 Å². The molecule has 0 radical (unpaired) electrons. The molecule has 2 aliphatic heterocycles. The summed E-state index contributed by atoms with van der Waals surface area (Å²) in [6.45, 7) is 9.42. The molecule has 4 rings (SSSR count). The molecule has 2 aliphatic rings. The van der Waals surface area contributed by atoms with Gasteiger partial charge in [-0.2, -0.15) is 0 Å². The number of carbonyl (C=O) groups excluding carboxylic acids is 1. The van der Waals surface area contributed by atoms with Gasteiger partial charge in [-0.05, 0) is 42.5 Å². The van der Waals surface area contributed by atoms with E-state index in [2.05, 4.69) is 24.1 Å². The Morgan fingerprint density at radius 3 is 2.69 bits per heavy atom. The third-order valence-electron chi connectivity index (χ3n) is 7.01. The molecular formula is C25H36N2O5. The fourth-order valence-corrected chi connectivity index (χ4v) is 4.70. The lowest BCUT2D eigenvalue weighted by atomic mass is 9.83. The summed E-state index contributed by atoms with van der Waals surface area (Å²) in [6, 6.07) is 7.49. The normalized spacial score (nSPS) is 21.8. The van der Waals surface area contributed by atoms with Crippen LogP contribution in [0.2, 0.25) is 0 Å². The minimum absolute atomic E-state index is 0.131. The lowest BCUT2D eigenvalue weighted by Gasteiger charge is -2.39. The molecule has 2 N–H and O–H groups in total. The van der Waals surface area contributed by atoms with Gasteiger partial charge in [-0.25, -0.2) is 0 Å². The maximum atomic E-state index is 12.5. The van der Waals surface area contributed by atoms with Crippen molar-refractivity contribution in [2.75, 3.05) is 46.0 Å². The Morgan fingerprint density at radius 2 is 2.00 bits per heavy atom. The zero-order chi connectivity index (χ0) is 22.6. The van der Waals surface area contributed by atoms with Crippen molar-refractivity contribution in [3.8, 4) is 0 Å². The van der Waals surface area contributed by atoms with Crippen LogP contribution in [0.3, 0.4) is 0 Å². The number of fused-ring (bicyclic) bond motifs is 1. The van der Waals surface area contributed by atoms with Crippen molar-refractivity contribution in [1.82, 2.24) is 10.2 Å². The lowest BCUT2D eigenvalue weighted by molar-refractivity contribution is -0.0856. The maximum Gasteiger partial charge on any atom is 0.287 e. The zero-order valence-corrected chi connectivity index (χ0v) is 19.3. The molecule has 32 heavy (non-hydrogen) atoms. The number of amides is 1. The van der Waals surface area contributed by atoms with Crippen molar-refractivity contribution in [2.24, 2.45) is 5.92 Å². The molecule has 0 aliphatic carbocycles. The summed E-state index contributed by atoms with van der Waals surface area (Å²) in [5.41, 5.74) is 0.704. The Morgan fingerprint density at radius 1 is 1.22 bits per heavy atom. The Kier molecular flexibility index (Phi) is 7.51. The Balaban J connectivity index is 1.38. The SMILES string of the molecule is CCC(CC)CN1CCC(O)(c2ccc3oc(C(=O)NC[C@@H]4COCCO4)cc3c2)CC1. The smallest absolute Gasteiger partial charge is 0.287 e. The summed E-state index contributed by atoms with van der Waals surface area (Å²) >= 11 is 0. The van der Waals surface area contributed by atoms with E-state index in [0.29, 0.717) is 44.8 Å². The first kappa shape index (κ1) is 23.2. The van der Waals surface area contributed by atoms with Crippen molar-refractivity contribution in [3.05, 3.63) is 35.6 Å². The van der Waals surface area contributed by atoms with Gasteiger partial charge in [0, 0.05) is 31.6 Å². The van der Waals surface area contributed by atoms with Crippen molar-refractivity contribution >= 4 is 16.9 Å². The van der Waals surface area contributed by atoms with Crippen LogP contribution in [0.25, 0.3) is 11.0 Å². The molecule has 7 heteroatoms. The Bertz CT molecular complexity index is 893. The number of hydrogen-bond donors (Lipinski definition) is 2. The Labute approximate surface area is 190 Å². The van der Waals surface area contributed by atoms with Crippen LogP contribution in [0.15, 0.2) is 28.7 Å². The summed E-state index contributed by atoms with van der Waals surface area (Å²) in [6.07, 6.45) is 3.70. The molecule has 2 saturated heterocycles. The third kappa shape index (κ3) is 5.34. The standard InChI is InChI=1S/C25H36N2O5/c1-3-18(4-2)16-27-9-7-25(29,8-10-27)20-5-6-22-19(13-20)14-23(32-22)24(28)26-15-21-17-30-11-12-31-21/h5-6,13-14,18,21,29H,3-4,7-12,15-17H2,1-2H3,(H,26,28)/t21-/m1/s1. The quantitative estimate of drug-likeness (QED) is 0.650. The highest BCUT2D eigenvalue weighted by Gasteiger charge is 2.34. The highest BCUT2D eigenvalue weighted by atomic mass is 16.6. The molecule has 0 saturated carbocycles. The Hall–Kier alpha value is -1.93. The second-order valence-electron chi connectivity index (χ2n) is 9.16. The average molecular weight is 445 g/mol. The van der Waals surface area contributed by atoms with Crippen LogP contribution in [0.5, 0.6) is 0 Å². The van der Waals surface area contributed by atoms with Gasteiger partial charge in [0.2, 0.25) is 0 Å². The first-order valence-corrected chi connectivity index (χ1v) is 12.0. The molecule has 0 spiro atoms. The van der Waals surface area contributed by atoms with Crippen molar-refractivity contribution < 1.29 is 23.8 Å². The number of furan rings is 1. The third-order valence-corrected chi connectivity index (χ3v) is 7.01. The number of hydrogen-bond acceptors (Lipinski definition) is 6. The first-order valence-electron chi connectivity index (χ1n) is 12.0. The minimum Gasteiger partial charge on any atom is -0.451 e. The lowest BCUT2D eigenvalue weighted by Crippen LogP contribution is -2.44. The molecule has 7 nitrogen and oxygen atoms in total. The number of benzene rings is 1. The van der Waals surface area contributed by atoms with Crippen LogP contribution in [-0.2, 0) is 15.1 Å². The number of likely N-dealkylation sites (tertiary alicyclic amines) is 1. The molecule has 0 unspecified atom stereocenters. The topological polar surface area (TPSA) is 84.2 Å². The van der Waals surface area contributed by atoms with Gasteiger partial charge in [-0.3, -0.25) is 4.79 Å². The average Bonchev–Trinajstić information content (AvgIpc) is 3.26. The summed E-state index contributed by atoms with van der Waals surface area (Å²) in [4.78, 5) is 15.0. The predicted octanol–water partition coefficient (Wildman–Crippen LogP) is 3.30. The molecule has 176 valence electrons. The molecule has 1 atom stereocenters.